The number of nitriles is 1. The molecule has 0 aromatic heterocycles. The van der Waals surface area contributed by atoms with E-state index in [-0.39, 0.29) is 11.9 Å². The quantitative estimate of drug-likeness (QED) is 0.881. The Morgan fingerprint density at radius 3 is 2.72 bits per heavy atom. The molecule has 0 unspecified atom stereocenters. The lowest BCUT2D eigenvalue weighted by Gasteiger charge is -2.19. The zero-order chi connectivity index (χ0) is 17.6. The maximum Gasteiger partial charge on any atom is 0.249 e. The predicted octanol–water partition coefficient (Wildman–Crippen LogP) is 2.96. The van der Waals surface area contributed by atoms with Gasteiger partial charge in [0.1, 0.15) is 6.04 Å². The van der Waals surface area contributed by atoms with Crippen LogP contribution in [0.25, 0.3) is 0 Å². The van der Waals surface area contributed by atoms with E-state index in [4.69, 9.17) is 10.00 Å². The van der Waals surface area contributed by atoms with Crippen LogP contribution < -0.4 is 10.2 Å². The SMILES string of the molecule is COCCc1ccccc1N[C@@H]1CCN(c2ccc(C#N)cc2)C1=O. The minimum absolute atomic E-state index is 0.0613. The summed E-state index contributed by atoms with van der Waals surface area (Å²) in [6.45, 7) is 1.32. The first-order chi connectivity index (χ1) is 12.2. The first kappa shape index (κ1) is 17.0. The fraction of sp³-hybridized carbons (Fsp3) is 0.300. The summed E-state index contributed by atoms with van der Waals surface area (Å²) in [5.74, 6) is 0.0613. The summed E-state index contributed by atoms with van der Waals surface area (Å²) in [7, 11) is 1.69. The number of anilines is 2. The third-order valence-corrected chi connectivity index (χ3v) is 4.44. The largest absolute Gasteiger partial charge is 0.384 e. The highest BCUT2D eigenvalue weighted by molar-refractivity contribution is 6.01. The molecule has 1 heterocycles. The monoisotopic (exact) mass is 335 g/mol. The van der Waals surface area contributed by atoms with Crippen LogP contribution >= 0.6 is 0 Å². The van der Waals surface area contributed by atoms with E-state index < -0.39 is 0 Å². The van der Waals surface area contributed by atoms with Crippen molar-refractivity contribution in [3.63, 3.8) is 0 Å². The second-order valence-corrected chi connectivity index (χ2v) is 6.03. The lowest BCUT2D eigenvalue weighted by Crippen LogP contribution is -2.33. The molecule has 128 valence electrons. The molecule has 25 heavy (non-hydrogen) atoms. The highest BCUT2D eigenvalue weighted by atomic mass is 16.5. The number of para-hydroxylation sites is 1. The van der Waals surface area contributed by atoms with Gasteiger partial charge in [-0.15, -0.1) is 0 Å². The first-order valence-corrected chi connectivity index (χ1v) is 8.38. The van der Waals surface area contributed by atoms with Crippen LogP contribution in [0, 0.1) is 11.3 Å². The highest BCUT2D eigenvalue weighted by Gasteiger charge is 2.32. The molecule has 0 radical (unpaired) electrons. The van der Waals surface area contributed by atoms with Gasteiger partial charge in [0.05, 0.1) is 18.2 Å². The van der Waals surface area contributed by atoms with Crippen LogP contribution in [0.2, 0.25) is 0 Å². The molecular formula is C20H21N3O2. The van der Waals surface area contributed by atoms with Gasteiger partial charge in [-0.1, -0.05) is 18.2 Å². The zero-order valence-corrected chi connectivity index (χ0v) is 14.2. The number of carbonyl (C=O) groups is 1. The van der Waals surface area contributed by atoms with Gasteiger partial charge in [0.2, 0.25) is 5.91 Å². The molecule has 0 spiro atoms. The molecule has 5 nitrogen and oxygen atoms in total. The molecule has 1 amide bonds. The van der Waals surface area contributed by atoms with Crippen LogP contribution in [-0.2, 0) is 16.0 Å². The second-order valence-electron chi connectivity index (χ2n) is 6.03. The van der Waals surface area contributed by atoms with Crippen molar-refractivity contribution < 1.29 is 9.53 Å². The molecule has 0 bridgehead atoms. The maximum atomic E-state index is 12.8. The first-order valence-electron chi connectivity index (χ1n) is 8.38. The Balaban J connectivity index is 1.71. The standard InChI is InChI=1S/C20H21N3O2/c1-25-13-11-16-4-2-3-5-18(16)22-19-10-12-23(20(19)24)17-8-6-15(14-21)7-9-17/h2-9,19,22H,10-13H2,1H3/t19-/m1/s1. The molecule has 1 aliphatic rings. The van der Waals surface area contributed by atoms with Crippen molar-refractivity contribution in [1.29, 1.82) is 5.26 Å². The topological polar surface area (TPSA) is 65.4 Å². The van der Waals surface area contributed by atoms with Crippen LogP contribution in [0.3, 0.4) is 0 Å². The molecule has 2 aromatic carbocycles. The lowest BCUT2D eigenvalue weighted by molar-refractivity contribution is -0.117. The molecular weight excluding hydrogens is 314 g/mol. The van der Waals surface area contributed by atoms with Gasteiger partial charge in [0, 0.05) is 25.0 Å². The number of nitrogens with zero attached hydrogens (tertiary/aromatic N) is 2. The Bertz CT molecular complexity index is 780. The van der Waals surface area contributed by atoms with E-state index in [0.717, 1.165) is 29.8 Å². The van der Waals surface area contributed by atoms with Crippen molar-refractivity contribution in [1.82, 2.24) is 0 Å². The van der Waals surface area contributed by atoms with E-state index in [0.29, 0.717) is 18.7 Å². The number of hydrogen-bond donors (Lipinski definition) is 1. The van der Waals surface area contributed by atoms with Gasteiger partial charge in [-0.3, -0.25) is 4.79 Å². The van der Waals surface area contributed by atoms with Crippen molar-refractivity contribution in [3.8, 4) is 6.07 Å². The molecule has 1 saturated heterocycles. The molecule has 3 rings (SSSR count). The summed E-state index contributed by atoms with van der Waals surface area (Å²) in [6.07, 6.45) is 1.55. The van der Waals surface area contributed by atoms with Gasteiger partial charge >= 0.3 is 0 Å². The molecule has 1 fully saturated rings. The van der Waals surface area contributed by atoms with E-state index in [1.807, 2.05) is 30.3 Å². The summed E-state index contributed by atoms with van der Waals surface area (Å²) in [5.41, 5.74) is 3.56. The molecule has 5 heteroatoms. The van der Waals surface area contributed by atoms with Gasteiger partial charge < -0.3 is 15.0 Å². The molecule has 1 aliphatic heterocycles. The number of amides is 1. The van der Waals surface area contributed by atoms with Crippen LogP contribution in [0.15, 0.2) is 48.5 Å². The van der Waals surface area contributed by atoms with E-state index in [2.05, 4.69) is 17.5 Å². The van der Waals surface area contributed by atoms with Gasteiger partial charge in [0.25, 0.3) is 0 Å². The Hall–Kier alpha value is -2.84. The van der Waals surface area contributed by atoms with Gasteiger partial charge in [-0.25, -0.2) is 0 Å². The number of nitrogens with one attached hydrogen (secondary N) is 1. The van der Waals surface area contributed by atoms with E-state index in [9.17, 15) is 4.79 Å². The van der Waals surface area contributed by atoms with Crippen molar-refractivity contribution in [2.24, 2.45) is 0 Å². The fourth-order valence-electron chi connectivity index (χ4n) is 3.06. The second kappa shape index (κ2) is 7.82. The maximum absolute atomic E-state index is 12.8. The number of rotatable bonds is 6. The molecule has 1 atom stereocenters. The average molecular weight is 335 g/mol. The minimum Gasteiger partial charge on any atom is -0.384 e. The van der Waals surface area contributed by atoms with Crippen LogP contribution in [-0.4, -0.2) is 32.2 Å². The van der Waals surface area contributed by atoms with E-state index in [1.165, 1.54) is 0 Å². The number of methoxy groups -OCH3 is 1. The highest BCUT2D eigenvalue weighted by Crippen LogP contribution is 2.25. The summed E-state index contributed by atoms with van der Waals surface area (Å²) in [6, 6.07) is 17.0. The molecule has 0 saturated carbocycles. The zero-order valence-electron chi connectivity index (χ0n) is 14.2. The number of benzene rings is 2. The van der Waals surface area contributed by atoms with E-state index >= 15 is 0 Å². The summed E-state index contributed by atoms with van der Waals surface area (Å²) in [5, 5.41) is 12.3. The molecule has 2 aromatic rings. The number of carbonyl (C=O) groups excluding carboxylic acids is 1. The summed E-state index contributed by atoms with van der Waals surface area (Å²) in [4.78, 5) is 14.5. The third-order valence-electron chi connectivity index (χ3n) is 4.44. The van der Waals surface area contributed by atoms with E-state index in [1.54, 1.807) is 24.1 Å². The van der Waals surface area contributed by atoms with Crippen LogP contribution in [0.4, 0.5) is 11.4 Å². The predicted molar refractivity (Wildman–Crippen MR) is 97.6 cm³/mol. The number of ether oxygens (including phenoxy) is 1. The Labute approximate surface area is 147 Å². The van der Waals surface area contributed by atoms with Crippen molar-refractivity contribution >= 4 is 17.3 Å². The Kier molecular flexibility index (Phi) is 5.32. The normalized spacial score (nSPS) is 16.7. The molecule has 0 aliphatic carbocycles. The third kappa shape index (κ3) is 3.81. The van der Waals surface area contributed by atoms with Gasteiger partial charge in [0.15, 0.2) is 0 Å². The van der Waals surface area contributed by atoms with Gasteiger partial charge in [-0.05, 0) is 48.7 Å². The Morgan fingerprint density at radius 1 is 1.24 bits per heavy atom. The Morgan fingerprint density at radius 2 is 2.00 bits per heavy atom. The van der Waals surface area contributed by atoms with Gasteiger partial charge in [-0.2, -0.15) is 5.26 Å². The van der Waals surface area contributed by atoms with Crippen molar-refractivity contribution in [2.45, 2.75) is 18.9 Å². The minimum atomic E-state index is -0.237. The van der Waals surface area contributed by atoms with Crippen LogP contribution in [0.5, 0.6) is 0 Å². The summed E-state index contributed by atoms with van der Waals surface area (Å²) < 4.78 is 5.16. The number of hydrogen-bond acceptors (Lipinski definition) is 4. The van der Waals surface area contributed by atoms with Crippen molar-refractivity contribution in [3.05, 3.63) is 59.7 Å². The average Bonchev–Trinajstić information content (AvgIpc) is 3.01. The summed E-state index contributed by atoms with van der Waals surface area (Å²) >= 11 is 0. The smallest absolute Gasteiger partial charge is 0.249 e. The van der Waals surface area contributed by atoms with Crippen LogP contribution in [0.1, 0.15) is 17.5 Å². The molecule has 1 N–H and O–H groups in total. The lowest BCUT2D eigenvalue weighted by atomic mass is 10.1. The van der Waals surface area contributed by atoms with Crippen molar-refractivity contribution in [2.75, 3.05) is 30.5 Å². The fourth-order valence-corrected chi connectivity index (χ4v) is 3.06.